The number of fused-ring (bicyclic) bond motifs is 2. The lowest BCUT2D eigenvalue weighted by Crippen LogP contribution is -2.00. The van der Waals surface area contributed by atoms with E-state index in [1.807, 2.05) is 24.3 Å². The van der Waals surface area contributed by atoms with Gasteiger partial charge in [0.15, 0.2) is 0 Å². The topological polar surface area (TPSA) is 49.7 Å². The fourth-order valence-electron chi connectivity index (χ4n) is 2.14. The van der Waals surface area contributed by atoms with Gasteiger partial charge in [0.25, 0.3) is 0 Å². The van der Waals surface area contributed by atoms with Crippen LogP contribution in [0.15, 0.2) is 42.5 Å². The normalized spacial score (nSPS) is 17.6. The standard InChI is InChI=1S/C14H12O3/c15-10-5-6-13-12(7-10)14(16)11-4-2-1-3-9(11)8-17-13/h1-7,14-16H,8H2. The number of phenols is 1. The maximum atomic E-state index is 10.3. The Bertz CT molecular complexity index is 563. The first-order valence-corrected chi connectivity index (χ1v) is 5.47. The predicted octanol–water partition coefficient (Wildman–Crippen LogP) is 2.37. The average molecular weight is 228 g/mol. The van der Waals surface area contributed by atoms with Gasteiger partial charge >= 0.3 is 0 Å². The smallest absolute Gasteiger partial charge is 0.126 e. The lowest BCUT2D eigenvalue weighted by molar-refractivity contribution is 0.218. The molecule has 2 aromatic carbocycles. The number of benzene rings is 2. The van der Waals surface area contributed by atoms with Crippen molar-refractivity contribution in [2.45, 2.75) is 12.7 Å². The van der Waals surface area contributed by atoms with Crippen LogP contribution in [0.2, 0.25) is 0 Å². The van der Waals surface area contributed by atoms with E-state index in [0.29, 0.717) is 17.9 Å². The van der Waals surface area contributed by atoms with Crippen LogP contribution in [-0.2, 0) is 6.61 Å². The van der Waals surface area contributed by atoms with E-state index in [0.717, 1.165) is 11.1 Å². The summed E-state index contributed by atoms with van der Waals surface area (Å²) < 4.78 is 5.63. The van der Waals surface area contributed by atoms with Crippen molar-refractivity contribution in [3.05, 3.63) is 59.2 Å². The first-order valence-electron chi connectivity index (χ1n) is 5.47. The molecule has 3 nitrogen and oxygen atoms in total. The minimum absolute atomic E-state index is 0.130. The molecule has 0 amide bonds. The highest BCUT2D eigenvalue weighted by Crippen LogP contribution is 2.37. The molecule has 3 heteroatoms. The van der Waals surface area contributed by atoms with Crippen molar-refractivity contribution < 1.29 is 14.9 Å². The minimum Gasteiger partial charge on any atom is -0.508 e. The highest BCUT2D eigenvalue weighted by molar-refractivity contribution is 5.47. The molecule has 1 aliphatic heterocycles. The van der Waals surface area contributed by atoms with E-state index in [-0.39, 0.29) is 5.75 Å². The van der Waals surface area contributed by atoms with Crippen LogP contribution in [0.25, 0.3) is 0 Å². The highest BCUT2D eigenvalue weighted by atomic mass is 16.5. The molecule has 1 heterocycles. The van der Waals surface area contributed by atoms with E-state index < -0.39 is 6.10 Å². The molecule has 0 bridgehead atoms. The fourth-order valence-corrected chi connectivity index (χ4v) is 2.14. The summed E-state index contributed by atoms with van der Waals surface area (Å²) in [4.78, 5) is 0. The van der Waals surface area contributed by atoms with Crippen molar-refractivity contribution in [3.8, 4) is 11.5 Å². The number of rotatable bonds is 0. The molecule has 0 radical (unpaired) electrons. The van der Waals surface area contributed by atoms with Crippen molar-refractivity contribution in [1.29, 1.82) is 0 Å². The minimum atomic E-state index is -0.754. The Hall–Kier alpha value is -2.00. The SMILES string of the molecule is Oc1ccc2c(c1)C(O)c1ccccc1CO2. The number of aliphatic hydroxyl groups is 1. The van der Waals surface area contributed by atoms with Gasteiger partial charge in [-0.3, -0.25) is 0 Å². The van der Waals surface area contributed by atoms with E-state index in [9.17, 15) is 10.2 Å². The van der Waals surface area contributed by atoms with Gasteiger partial charge in [-0.15, -0.1) is 0 Å². The number of ether oxygens (including phenoxy) is 1. The summed E-state index contributed by atoms with van der Waals surface area (Å²) in [5.74, 6) is 0.747. The number of hydrogen-bond donors (Lipinski definition) is 2. The summed E-state index contributed by atoms with van der Waals surface area (Å²) in [6.07, 6.45) is -0.754. The zero-order valence-corrected chi connectivity index (χ0v) is 9.13. The van der Waals surface area contributed by atoms with Crippen LogP contribution >= 0.6 is 0 Å². The Labute approximate surface area is 98.9 Å². The second-order valence-corrected chi connectivity index (χ2v) is 4.11. The Balaban J connectivity index is 2.18. The zero-order chi connectivity index (χ0) is 11.8. The van der Waals surface area contributed by atoms with Crippen LogP contribution in [0.1, 0.15) is 22.8 Å². The average Bonchev–Trinajstić information content (AvgIpc) is 2.49. The summed E-state index contributed by atoms with van der Waals surface area (Å²) >= 11 is 0. The Morgan fingerprint density at radius 3 is 2.76 bits per heavy atom. The van der Waals surface area contributed by atoms with Crippen LogP contribution < -0.4 is 4.74 Å². The summed E-state index contributed by atoms with van der Waals surface area (Å²) in [7, 11) is 0. The third kappa shape index (κ3) is 1.65. The molecule has 0 aliphatic carbocycles. The predicted molar refractivity (Wildman–Crippen MR) is 62.9 cm³/mol. The molecule has 2 N–H and O–H groups in total. The third-order valence-corrected chi connectivity index (χ3v) is 3.02. The van der Waals surface area contributed by atoms with E-state index >= 15 is 0 Å². The summed E-state index contributed by atoms with van der Waals surface area (Å²) in [5, 5.41) is 19.8. The molecule has 0 aromatic heterocycles. The number of phenolic OH excluding ortho intramolecular Hbond substituents is 1. The number of aliphatic hydroxyl groups excluding tert-OH is 1. The maximum absolute atomic E-state index is 10.3. The maximum Gasteiger partial charge on any atom is 0.126 e. The Morgan fingerprint density at radius 1 is 1.06 bits per heavy atom. The van der Waals surface area contributed by atoms with Crippen LogP contribution in [-0.4, -0.2) is 10.2 Å². The monoisotopic (exact) mass is 228 g/mol. The first-order chi connectivity index (χ1) is 8.25. The number of aromatic hydroxyl groups is 1. The molecule has 1 unspecified atom stereocenters. The lowest BCUT2D eigenvalue weighted by atomic mass is 9.97. The molecule has 0 fully saturated rings. The molecule has 86 valence electrons. The van der Waals surface area contributed by atoms with Crippen molar-refractivity contribution in [1.82, 2.24) is 0 Å². The molecule has 0 saturated carbocycles. The van der Waals surface area contributed by atoms with Gasteiger partial charge in [0, 0.05) is 5.56 Å². The van der Waals surface area contributed by atoms with Gasteiger partial charge in [-0.25, -0.2) is 0 Å². The summed E-state index contributed by atoms with van der Waals surface area (Å²) in [6, 6.07) is 12.4. The molecular weight excluding hydrogens is 216 g/mol. The molecule has 0 saturated heterocycles. The van der Waals surface area contributed by atoms with Crippen molar-refractivity contribution in [2.24, 2.45) is 0 Å². The van der Waals surface area contributed by atoms with Gasteiger partial charge in [0.05, 0.1) is 0 Å². The van der Waals surface area contributed by atoms with Crippen LogP contribution in [0.4, 0.5) is 0 Å². The zero-order valence-electron chi connectivity index (χ0n) is 9.13. The quantitative estimate of drug-likeness (QED) is 0.727. The molecule has 0 spiro atoms. The van der Waals surface area contributed by atoms with Crippen molar-refractivity contribution >= 4 is 0 Å². The van der Waals surface area contributed by atoms with Crippen molar-refractivity contribution in [3.63, 3.8) is 0 Å². The number of hydrogen-bond acceptors (Lipinski definition) is 3. The Kier molecular flexibility index (Phi) is 2.27. The lowest BCUT2D eigenvalue weighted by Gasteiger charge is -2.12. The molecule has 3 rings (SSSR count). The second kappa shape index (κ2) is 3.79. The Morgan fingerprint density at radius 2 is 1.88 bits per heavy atom. The van der Waals surface area contributed by atoms with E-state index in [2.05, 4.69) is 0 Å². The largest absolute Gasteiger partial charge is 0.508 e. The molecule has 1 atom stereocenters. The van der Waals surface area contributed by atoms with E-state index in [4.69, 9.17) is 4.74 Å². The molecular formula is C14H12O3. The van der Waals surface area contributed by atoms with Gasteiger partial charge in [0.1, 0.15) is 24.2 Å². The van der Waals surface area contributed by atoms with Crippen molar-refractivity contribution in [2.75, 3.05) is 0 Å². The third-order valence-electron chi connectivity index (χ3n) is 3.02. The van der Waals surface area contributed by atoms with Gasteiger partial charge in [-0.2, -0.15) is 0 Å². The van der Waals surface area contributed by atoms with Crippen LogP contribution in [0, 0.1) is 0 Å². The van der Waals surface area contributed by atoms with Gasteiger partial charge in [-0.05, 0) is 29.3 Å². The molecule has 1 aliphatic rings. The van der Waals surface area contributed by atoms with Gasteiger partial charge in [0.2, 0.25) is 0 Å². The molecule has 17 heavy (non-hydrogen) atoms. The highest BCUT2D eigenvalue weighted by Gasteiger charge is 2.22. The second-order valence-electron chi connectivity index (χ2n) is 4.11. The van der Waals surface area contributed by atoms with E-state index in [1.54, 1.807) is 18.2 Å². The first kappa shape index (κ1) is 10.2. The van der Waals surface area contributed by atoms with E-state index in [1.165, 1.54) is 0 Å². The molecule has 2 aromatic rings. The summed E-state index contributed by atoms with van der Waals surface area (Å²) in [5.41, 5.74) is 2.41. The van der Waals surface area contributed by atoms with Crippen LogP contribution in [0.5, 0.6) is 11.5 Å². The van der Waals surface area contributed by atoms with Gasteiger partial charge in [-0.1, -0.05) is 24.3 Å². The van der Waals surface area contributed by atoms with Gasteiger partial charge < -0.3 is 14.9 Å². The van der Waals surface area contributed by atoms with Crippen LogP contribution in [0.3, 0.4) is 0 Å². The summed E-state index contributed by atoms with van der Waals surface area (Å²) in [6.45, 7) is 0.436. The fraction of sp³-hybridized carbons (Fsp3) is 0.143.